The zero-order chi connectivity index (χ0) is 75.6. The molecule has 103 heavy (non-hydrogen) atoms. The number of rotatable bonds is 83. The Labute approximate surface area is 632 Å². The van der Waals surface area contributed by atoms with Crippen molar-refractivity contribution in [2.45, 2.75) is 464 Å². The van der Waals surface area contributed by atoms with Crippen LogP contribution >= 0.6 is 15.6 Å². The summed E-state index contributed by atoms with van der Waals surface area (Å²) >= 11 is 0. The van der Waals surface area contributed by atoms with Crippen molar-refractivity contribution in [1.29, 1.82) is 0 Å². The fourth-order valence-corrected chi connectivity index (χ4v) is 14.6. The lowest BCUT2D eigenvalue weighted by Gasteiger charge is -2.21. The number of unbranched alkanes of at least 4 members (excludes halogenated alkanes) is 53. The van der Waals surface area contributed by atoms with Crippen LogP contribution in [0.4, 0.5) is 0 Å². The molecule has 17 nitrogen and oxygen atoms in total. The van der Waals surface area contributed by atoms with Crippen molar-refractivity contribution in [1.82, 2.24) is 0 Å². The summed E-state index contributed by atoms with van der Waals surface area (Å²) in [4.78, 5) is 73.1. The second kappa shape index (κ2) is 75.5. The first kappa shape index (κ1) is 101. The molecule has 0 rings (SSSR count). The summed E-state index contributed by atoms with van der Waals surface area (Å²) in [5.41, 5.74) is 0. The van der Waals surface area contributed by atoms with E-state index in [0.29, 0.717) is 25.7 Å². The van der Waals surface area contributed by atoms with Gasteiger partial charge in [0.15, 0.2) is 12.2 Å². The van der Waals surface area contributed by atoms with Crippen LogP contribution in [0.5, 0.6) is 0 Å². The summed E-state index contributed by atoms with van der Waals surface area (Å²) in [6, 6.07) is 0. The van der Waals surface area contributed by atoms with Crippen molar-refractivity contribution in [2.75, 3.05) is 39.6 Å². The molecule has 0 aliphatic rings. The highest BCUT2D eigenvalue weighted by atomic mass is 31.2. The lowest BCUT2D eigenvalue weighted by atomic mass is 10.0. The van der Waals surface area contributed by atoms with Gasteiger partial charge in [-0.15, -0.1) is 0 Å². The van der Waals surface area contributed by atoms with Crippen molar-refractivity contribution < 1.29 is 80.2 Å². The average Bonchev–Trinajstić information content (AvgIpc) is 0.931. The Morgan fingerprint density at radius 3 is 0.660 bits per heavy atom. The molecule has 0 saturated carbocycles. The van der Waals surface area contributed by atoms with Crippen LogP contribution in [-0.2, 0) is 65.4 Å². The summed E-state index contributed by atoms with van der Waals surface area (Å²) < 4.78 is 68.8. The van der Waals surface area contributed by atoms with Crippen LogP contribution in [0, 0.1) is 11.8 Å². The van der Waals surface area contributed by atoms with Crippen LogP contribution < -0.4 is 0 Å². The molecule has 0 saturated heterocycles. The second-order valence-corrected chi connectivity index (χ2v) is 34.1. The molecule has 0 radical (unpaired) electrons. The standard InChI is InChI=1S/C84H164O17P2/c1-7-9-11-13-15-17-18-19-20-21-22-23-24-29-32-38-44-50-56-62-68-83(88)101-80(73-95-82(87)67-61-55-49-43-37-31-28-26-25-27-30-35-41-46-52-58-64-76(3)4)75-99-103(92,93)97-71-78(85)70-96-102(90,91)98-74-79(72-94-81(86)66-60-54-48-40-16-14-12-10-8-2)100-84(89)69-63-57-51-45-39-34-33-36-42-47-53-59-65-77(5)6/h76-80,85H,7-75H2,1-6H3,(H,90,91)(H,92,93)/t78-,79+,80+/m0/s1. The highest BCUT2D eigenvalue weighted by molar-refractivity contribution is 7.47. The molecule has 0 heterocycles. The highest BCUT2D eigenvalue weighted by Crippen LogP contribution is 2.45. The van der Waals surface area contributed by atoms with Crippen molar-refractivity contribution >= 4 is 39.5 Å². The van der Waals surface area contributed by atoms with Crippen molar-refractivity contribution in [2.24, 2.45) is 11.8 Å². The average molecular weight is 1510 g/mol. The normalized spacial score (nSPS) is 13.9. The van der Waals surface area contributed by atoms with E-state index in [4.69, 9.17) is 37.0 Å². The summed E-state index contributed by atoms with van der Waals surface area (Å²) in [7, 11) is -9.92. The third-order valence-electron chi connectivity index (χ3n) is 19.7. The Bertz CT molecular complexity index is 1980. The summed E-state index contributed by atoms with van der Waals surface area (Å²) in [6.07, 6.45) is 66.7. The minimum atomic E-state index is -4.96. The molecule has 0 amide bonds. The van der Waals surface area contributed by atoms with Gasteiger partial charge in [-0.3, -0.25) is 37.3 Å². The van der Waals surface area contributed by atoms with E-state index < -0.39 is 97.5 Å². The maximum atomic E-state index is 13.1. The number of ether oxygens (including phenoxy) is 4. The van der Waals surface area contributed by atoms with Gasteiger partial charge in [-0.1, -0.05) is 395 Å². The molecule has 0 aliphatic carbocycles. The van der Waals surface area contributed by atoms with Crippen molar-refractivity contribution in [3.63, 3.8) is 0 Å². The predicted molar refractivity (Wildman–Crippen MR) is 423 cm³/mol. The highest BCUT2D eigenvalue weighted by Gasteiger charge is 2.30. The lowest BCUT2D eigenvalue weighted by Crippen LogP contribution is -2.30. The SMILES string of the molecule is CCCCCCCCCCCCCCCCCCCCCCC(=O)O[C@H](COC(=O)CCCCCCCCCCCCCCCCCCC(C)C)COP(=O)(O)OC[C@@H](O)COP(=O)(O)OC[C@@H](COC(=O)CCCCCCCCCCC)OC(=O)CCCCCCCCCCCCCCC(C)C. The molecule has 19 heteroatoms. The molecule has 0 aromatic rings. The molecule has 0 aromatic heterocycles. The largest absolute Gasteiger partial charge is 0.472 e. The number of carbonyl (C=O) groups is 4. The van der Waals surface area contributed by atoms with Gasteiger partial charge in [-0.25, -0.2) is 9.13 Å². The molecule has 0 aromatic carbocycles. The van der Waals surface area contributed by atoms with Gasteiger partial charge < -0.3 is 33.8 Å². The van der Waals surface area contributed by atoms with E-state index in [-0.39, 0.29) is 25.7 Å². The molecule has 0 spiro atoms. The Morgan fingerprint density at radius 1 is 0.262 bits per heavy atom. The van der Waals surface area contributed by atoms with E-state index in [9.17, 15) is 43.2 Å². The van der Waals surface area contributed by atoms with Gasteiger partial charge in [-0.05, 0) is 37.5 Å². The summed E-state index contributed by atoms with van der Waals surface area (Å²) in [5.74, 6) is -0.516. The molecule has 3 N–H and O–H groups in total. The van der Waals surface area contributed by atoms with E-state index in [0.717, 1.165) is 102 Å². The van der Waals surface area contributed by atoms with Crippen LogP contribution in [0.15, 0.2) is 0 Å². The number of esters is 4. The fourth-order valence-electron chi connectivity index (χ4n) is 13.1. The monoisotopic (exact) mass is 1510 g/mol. The Hall–Kier alpha value is -1.94. The third-order valence-corrected chi connectivity index (χ3v) is 21.6. The van der Waals surface area contributed by atoms with Gasteiger partial charge in [0.1, 0.15) is 19.3 Å². The number of aliphatic hydroxyl groups is 1. The van der Waals surface area contributed by atoms with Gasteiger partial charge in [0.25, 0.3) is 0 Å². The van der Waals surface area contributed by atoms with Gasteiger partial charge in [-0.2, -0.15) is 0 Å². The van der Waals surface area contributed by atoms with E-state index in [1.165, 1.54) is 263 Å². The molecule has 5 atom stereocenters. The molecule has 0 aliphatic heterocycles. The summed E-state index contributed by atoms with van der Waals surface area (Å²) in [5, 5.41) is 10.7. The fraction of sp³-hybridized carbons (Fsp3) is 0.952. The van der Waals surface area contributed by atoms with Crippen LogP contribution in [0.3, 0.4) is 0 Å². The lowest BCUT2D eigenvalue weighted by molar-refractivity contribution is -0.161. The molecule has 0 bridgehead atoms. The number of phosphoric acid groups is 2. The van der Waals surface area contributed by atoms with Gasteiger partial charge in [0.05, 0.1) is 26.4 Å². The van der Waals surface area contributed by atoms with E-state index in [1.807, 2.05) is 0 Å². The number of hydrogen-bond donors (Lipinski definition) is 3. The van der Waals surface area contributed by atoms with Crippen LogP contribution in [0.2, 0.25) is 0 Å². The van der Waals surface area contributed by atoms with Gasteiger partial charge in [0, 0.05) is 25.7 Å². The number of phosphoric ester groups is 2. The minimum Gasteiger partial charge on any atom is -0.462 e. The second-order valence-electron chi connectivity index (χ2n) is 31.2. The molecule has 612 valence electrons. The molecule has 0 fully saturated rings. The number of carbonyl (C=O) groups excluding carboxylic acids is 4. The quantitative estimate of drug-likeness (QED) is 0.0222. The first-order valence-electron chi connectivity index (χ1n) is 43.5. The first-order valence-corrected chi connectivity index (χ1v) is 46.5. The minimum absolute atomic E-state index is 0.107. The molecular weight excluding hydrogens is 1340 g/mol. The van der Waals surface area contributed by atoms with E-state index >= 15 is 0 Å². The predicted octanol–water partition coefficient (Wildman–Crippen LogP) is 25.5. The van der Waals surface area contributed by atoms with Crippen LogP contribution in [0.1, 0.15) is 446 Å². The van der Waals surface area contributed by atoms with Gasteiger partial charge in [0.2, 0.25) is 0 Å². The first-order chi connectivity index (χ1) is 49.9. The zero-order valence-electron chi connectivity index (χ0n) is 67.6. The van der Waals surface area contributed by atoms with E-state index in [1.54, 1.807) is 0 Å². The number of aliphatic hydroxyl groups excluding tert-OH is 1. The molecule has 2 unspecified atom stereocenters. The Morgan fingerprint density at radius 2 is 0.447 bits per heavy atom. The zero-order valence-corrected chi connectivity index (χ0v) is 69.4. The third kappa shape index (κ3) is 78.0. The van der Waals surface area contributed by atoms with Crippen LogP contribution in [-0.4, -0.2) is 96.7 Å². The molecular formula is C84H164O17P2. The Kier molecular flexibility index (Phi) is 74.1. The number of hydrogen-bond acceptors (Lipinski definition) is 15. The topological polar surface area (TPSA) is 237 Å². The summed E-state index contributed by atoms with van der Waals surface area (Å²) in [6.45, 7) is 9.68. The maximum absolute atomic E-state index is 13.1. The smallest absolute Gasteiger partial charge is 0.462 e. The van der Waals surface area contributed by atoms with Crippen molar-refractivity contribution in [3.05, 3.63) is 0 Å². The van der Waals surface area contributed by atoms with E-state index in [2.05, 4.69) is 41.5 Å². The van der Waals surface area contributed by atoms with Gasteiger partial charge >= 0.3 is 39.5 Å². The van der Waals surface area contributed by atoms with Crippen molar-refractivity contribution in [3.8, 4) is 0 Å². The van der Waals surface area contributed by atoms with Crippen LogP contribution in [0.25, 0.3) is 0 Å². The Balaban J connectivity index is 5.21. The maximum Gasteiger partial charge on any atom is 0.472 e.